The summed E-state index contributed by atoms with van der Waals surface area (Å²) < 4.78 is 15.4. The Morgan fingerprint density at radius 2 is 1.90 bits per heavy atom. The summed E-state index contributed by atoms with van der Waals surface area (Å²) in [5.74, 6) is 1.61. The van der Waals surface area contributed by atoms with Gasteiger partial charge in [0.05, 0.1) is 34.2 Å². The summed E-state index contributed by atoms with van der Waals surface area (Å²) in [7, 11) is 4.26. The van der Waals surface area contributed by atoms with E-state index >= 15 is 0 Å². The highest BCUT2D eigenvalue weighted by Gasteiger charge is 2.43. The molecule has 4 aromatic rings. The number of ether oxygens (including phenoxy) is 2. The van der Waals surface area contributed by atoms with E-state index in [4.69, 9.17) is 31.0 Å². The molecule has 0 unspecified atom stereocenters. The topological polar surface area (TPSA) is 120 Å². The predicted octanol–water partition coefficient (Wildman–Crippen LogP) is 6.26. The number of carbonyl (C=O) groups excluding carboxylic acids is 1. The highest BCUT2D eigenvalue weighted by atomic mass is 35.5. The molecule has 2 saturated heterocycles. The van der Waals surface area contributed by atoms with Gasteiger partial charge in [-0.05, 0) is 58.1 Å². The van der Waals surface area contributed by atoms with Gasteiger partial charge in [0, 0.05) is 59.7 Å². The highest BCUT2D eigenvalue weighted by molar-refractivity contribution is 6.76. The van der Waals surface area contributed by atoms with Gasteiger partial charge in [0.15, 0.2) is 5.65 Å². The molecule has 14 heteroatoms. The van der Waals surface area contributed by atoms with Crippen LogP contribution in [-0.2, 0) is 23.3 Å². The van der Waals surface area contributed by atoms with E-state index in [2.05, 4.69) is 34.8 Å². The van der Waals surface area contributed by atoms with Gasteiger partial charge in [0.1, 0.15) is 23.7 Å². The molecule has 7 rings (SSSR count). The molecule has 3 atom stereocenters. The number of nitrogens with zero attached hydrogens (tertiary/aromatic N) is 7. The van der Waals surface area contributed by atoms with Crippen molar-refractivity contribution < 1.29 is 14.3 Å². The van der Waals surface area contributed by atoms with E-state index in [1.807, 2.05) is 62.7 Å². The molecule has 1 aromatic carbocycles. The van der Waals surface area contributed by atoms with E-state index in [0.29, 0.717) is 62.5 Å². The van der Waals surface area contributed by atoms with Crippen LogP contribution in [0.2, 0.25) is 30.7 Å². The molecule has 264 valence electrons. The maximum atomic E-state index is 14.5. The van der Waals surface area contributed by atoms with Crippen LogP contribution in [0.4, 0.5) is 16.6 Å². The molecule has 2 aliphatic heterocycles. The lowest BCUT2D eigenvalue weighted by Crippen LogP contribution is -2.62. The first-order valence-electron chi connectivity index (χ1n) is 17.1. The van der Waals surface area contributed by atoms with Crippen molar-refractivity contribution in [2.45, 2.75) is 90.1 Å². The van der Waals surface area contributed by atoms with Crippen molar-refractivity contribution >= 4 is 59.6 Å². The molecule has 5 heterocycles. The number of alkyl carbamates (subject to hydrolysis) is 1. The van der Waals surface area contributed by atoms with Crippen molar-refractivity contribution in [3.05, 3.63) is 39.9 Å². The lowest BCUT2D eigenvalue weighted by Gasteiger charge is -2.50. The smallest absolute Gasteiger partial charge is 0.407 e. The fourth-order valence-electron chi connectivity index (χ4n) is 6.90. The van der Waals surface area contributed by atoms with E-state index in [9.17, 15) is 9.59 Å². The van der Waals surface area contributed by atoms with Crippen molar-refractivity contribution in [3.8, 4) is 11.1 Å². The molecule has 0 radical (unpaired) electrons. The monoisotopic (exact) mass is 708 g/mol. The number of piperidine rings is 2. The molecular formula is C35H49ClN8O4Si. The molecular weight excluding hydrogens is 660 g/mol. The van der Waals surface area contributed by atoms with E-state index in [1.54, 1.807) is 17.8 Å². The fourth-order valence-corrected chi connectivity index (χ4v) is 7.96. The molecule has 3 aromatic heterocycles. The van der Waals surface area contributed by atoms with Gasteiger partial charge in [-0.3, -0.25) is 14.3 Å². The summed E-state index contributed by atoms with van der Waals surface area (Å²) in [5.41, 5.74) is 2.32. The molecule has 3 fully saturated rings. The summed E-state index contributed by atoms with van der Waals surface area (Å²) in [4.78, 5) is 45.9. The number of halogens is 1. The van der Waals surface area contributed by atoms with Gasteiger partial charge in [0.25, 0.3) is 5.56 Å². The number of carbonyl (C=O) groups is 1. The van der Waals surface area contributed by atoms with Crippen LogP contribution in [0.3, 0.4) is 0 Å². The third-order valence-corrected chi connectivity index (χ3v) is 11.5. The van der Waals surface area contributed by atoms with Crippen molar-refractivity contribution in [2.75, 3.05) is 37.0 Å². The maximum Gasteiger partial charge on any atom is 0.407 e. The van der Waals surface area contributed by atoms with Crippen molar-refractivity contribution in [1.82, 2.24) is 29.4 Å². The molecule has 2 bridgehead atoms. The lowest BCUT2D eigenvalue weighted by atomic mass is 9.76. The third-order valence-electron chi connectivity index (χ3n) is 9.43. The zero-order valence-electron chi connectivity index (χ0n) is 30.1. The van der Waals surface area contributed by atoms with Gasteiger partial charge in [-0.1, -0.05) is 37.3 Å². The van der Waals surface area contributed by atoms with Crippen molar-refractivity contribution in [1.29, 1.82) is 0 Å². The number of hydrogen-bond donors (Lipinski definition) is 1. The van der Waals surface area contributed by atoms with Gasteiger partial charge in [-0.2, -0.15) is 4.98 Å². The zero-order chi connectivity index (χ0) is 35.4. The van der Waals surface area contributed by atoms with Crippen molar-refractivity contribution in [2.24, 2.45) is 13.0 Å². The van der Waals surface area contributed by atoms with E-state index in [-0.39, 0.29) is 24.4 Å². The average Bonchev–Trinajstić information content (AvgIpc) is 3.38. The van der Waals surface area contributed by atoms with E-state index in [1.165, 1.54) is 0 Å². The Kier molecular flexibility index (Phi) is 9.48. The molecule has 1 amide bonds. The maximum absolute atomic E-state index is 14.5. The van der Waals surface area contributed by atoms with E-state index in [0.717, 1.165) is 31.9 Å². The van der Waals surface area contributed by atoms with Crippen LogP contribution in [0.1, 0.15) is 40.0 Å². The third kappa shape index (κ3) is 7.29. The second-order valence-electron chi connectivity index (χ2n) is 15.9. The number of rotatable bonds is 9. The largest absolute Gasteiger partial charge is 0.444 e. The summed E-state index contributed by atoms with van der Waals surface area (Å²) in [6.07, 6.45) is 6.02. The summed E-state index contributed by atoms with van der Waals surface area (Å²) >= 11 is 7.09. The van der Waals surface area contributed by atoms with Crippen LogP contribution in [0, 0.1) is 5.92 Å². The van der Waals surface area contributed by atoms with Gasteiger partial charge in [0.2, 0.25) is 5.95 Å². The second kappa shape index (κ2) is 13.2. The number of amides is 1. The number of anilines is 2. The molecule has 12 nitrogen and oxygen atoms in total. The van der Waals surface area contributed by atoms with E-state index < -0.39 is 19.8 Å². The van der Waals surface area contributed by atoms with Gasteiger partial charge in [-0.15, -0.1) is 0 Å². The Bertz CT molecular complexity index is 1950. The SMILES string of the molecule is CN(C)c1cnc2ccc(-c3cn(COCC[Si](C)(C)C)c4nc(N5C[C@@H]6CC[C@@H]5[C@H](NC(=O)OC(C)(C)C)C6)n(C)c(=O)c34)c(Cl)c2n1. The molecule has 3 aliphatic rings. The summed E-state index contributed by atoms with van der Waals surface area (Å²) in [5, 5.41) is 4.01. The van der Waals surface area contributed by atoms with Gasteiger partial charge in [-0.25, -0.2) is 9.78 Å². The molecule has 1 aliphatic carbocycles. The Hall–Kier alpha value is -3.68. The van der Waals surface area contributed by atoms with Crippen LogP contribution in [0.25, 0.3) is 33.2 Å². The number of benzene rings is 1. The van der Waals surface area contributed by atoms with Crippen LogP contribution >= 0.6 is 11.6 Å². The molecule has 49 heavy (non-hydrogen) atoms. The Morgan fingerprint density at radius 1 is 1.14 bits per heavy atom. The minimum Gasteiger partial charge on any atom is -0.444 e. The summed E-state index contributed by atoms with van der Waals surface area (Å²) in [6.45, 7) is 14.2. The standard InChI is InChI=1S/C35H49ClN8O4Si/c1-35(2,3)48-34(46)38-25-16-21-10-13-26(25)44(18-21)33-40-31-28(32(45)42(33)6)23(19-43(31)20-47-14-15-49(7,8)9)22-11-12-24-30(29(22)36)39-27(17-37-24)41(4)5/h11-12,17,19,21,25-26H,10,13-16,18,20H2,1-9H3,(H,38,46)/t21-,25-,26-/m1/s1. The number of aromatic nitrogens is 5. The number of hydrogen-bond acceptors (Lipinski definition) is 9. The van der Waals surface area contributed by atoms with Crippen LogP contribution in [-0.4, -0.2) is 83.2 Å². The number of nitrogens with one attached hydrogen (secondary N) is 1. The first kappa shape index (κ1) is 35.2. The quantitative estimate of drug-likeness (QED) is 0.159. The van der Waals surface area contributed by atoms with Gasteiger partial charge < -0.3 is 29.2 Å². The minimum atomic E-state index is -1.31. The van der Waals surface area contributed by atoms with Crippen molar-refractivity contribution in [3.63, 3.8) is 0 Å². The first-order valence-corrected chi connectivity index (χ1v) is 21.2. The Labute approximate surface area is 293 Å². The molecule has 0 spiro atoms. The molecule has 1 saturated carbocycles. The normalized spacial score (nSPS) is 19.6. The average molecular weight is 709 g/mol. The zero-order valence-corrected chi connectivity index (χ0v) is 31.9. The van der Waals surface area contributed by atoms with Crippen LogP contribution in [0.15, 0.2) is 29.3 Å². The summed E-state index contributed by atoms with van der Waals surface area (Å²) in [6, 6.07) is 4.65. The Morgan fingerprint density at radius 3 is 2.57 bits per heavy atom. The first-order chi connectivity index (χ1) is 23.0. The second-order valence-corrected chi connectivity index (χ2v) is 21.9. The van der Waals surface area contributed by atoms with Crippen LogP contribution < -0.4 is 20.7 Å². The predicted molar refractivity (Wildman–Crippen MR) is 199 cm³/mol. The number of fused-ring (bicyclic) bond motifs is 5. The fraction of sp³-hybridized carbons (Fsp3) is 0.571. The van der Waals surface area contributed by atoms with Gasteiger partial charge >= 0.3 is 6.09 Å². The highest BCUT2D eigenvalue weighted by Crippen LogP contribution is 2.40. The lowest BCUT2D eigenvalue weighted by molar-refractivity contribution is 0.0456. The molecule has 1 N–H and O–H groups in total. The Balaban J connectivity index is 1.44. The minimum absolute atomic E-state index is 0.0247. The van der Waals surface area contributed by atoms with Crippen LogP contribution in [0.5, 0.6) is 0 Å².